The van der Waals surface area contributed by atoms with E-state index in [1.165, 1.54) is 3.57 Å². The van der Waals surface area contributed by atoms with E-state index >= 15 is 0 Å². The molecule has 0 atom stereocenters. The van der Waals surface area contributed by atoms with Crippen LogP contribution in [0.4, 0.5) is 0 Å². The molecule has 0 amide bonds. The van der Waals surface area contributed by atoms with Crippen molar-refractivity contribution in [2.45, 2.75) is 6.92 Å². The van der Waals surface area contributed by atoms with Gasteiger partial charge in [-0.05, 0) is 0 Å². The molecule has 0 unspecified atom stereocenters. The van der Waals surface area contributed by atoms with Gasteiger partial charge < -0.3 is 0 Å². The first-order chi connectivity index (χ1) is 5.18. The molecule has 1 aromatic rings. The summed E-state index contributed by atoms with van der Waals surface area (Å²) in [6.07, 6.45) is 0. The third-order valence-electron chi connectivity index (χ3n) is 1.08. The summed E-state index contributed by atoms with van der Waals surface area (Å²) in [6, 6.07) is 8.09. The van der Waals surface area contributed by atoms with Gasteiger partial charge >= 0.3 is 86.2 Å². The predicted molar refractivity (Wildman–Crippen MR) is 55.2 cm³/mol. The zero-order chi connectivity index (χ0) is 8.27. The molecule has 1 aromatic carbocycles. The Bertz CT molecular complexity index is 255. The number of carbonyl (C=O) groups is 1. The first kappa shape index (κ1) is 9.23. The van der Waals surface area contributed by atoms with Crippen molar-refractivity contribution < 1.29 is 4.79 Å². The van der Waals surface area contributed by atoms with E-state index in [2.05, 4.69) is 22.6 Å². The van der Waals surface area contributed by atoms with Gasteiger partial charge in [0.05, 0.1) is 0 Å². The molecule has 0 spiro atoms. The molecule has 58 valence electrons. The second-order valence-electron chi connectivity index (χ2n) is 2.05. The van der Waals surface area contributed by atoms with Gasteiger partial charge in [-0.3, -0.25) is 0 Å². The van der Waals surface area contributed by atoms with Crippen molar-refractivity contribution in [3.05, 3.63) is 27.8 Å². The molecule has 11 heavy (non-hydrogen) atoms. The van der Waals surface area contributed by atoms with Crippen LogP contribution < -0.4 is 4.46 Å². The van der Waals surface area contributed by atoms with Crippen molar-refractivity contribution in [3.8, 4) is 0 Å². The van der Waals surface area contributed by atoms with Crippen molar-refractivity contribution in [2.24, 2.45) is 0 Å². The Morgan fingerprint density at radius 3 is 2.36 bits per heavy atom. The zero-order valence-electron chi connectivity index (χ0n) is 6.00. The maximum absolute atomic E-state index is 10.7. The van der Waals surface area contributed by atoms with Crippen LogP contribution in [-0.2, 0) is 4.79 Å². The summed E-state index contributed by atoms with van der Waals surface area (Å²) in [6.45, 7) is 1.64. The van der Waals surface area contributed by atoms with Crippen LogP contribution in [0.1, 0.15) is 6.92 Å². The average molecular weight is 325 g/mol. The van der Waals surface area contributed by atoms with Crippen LogP contribution in [0.15, 0.2) is 24.3 Å². The Labute approximate surface area is 85.9 Å². The number of carbonyl (C=O) groups excluding carboxylic acids is 1. The van der Waals surface area contributed by atoms with Crippen LogP contribution >= 0.6 is 22.6 Å². The summed E-state index contributed by atoms with van der Waals surface area (Å²) in [5, 5.41) is 0. The molecule has 0 saturated carbocycles. The summed E-state index contributed by atoms with van der Waals surface area (Å²) < 4.78 is 2.65. The van der Waals surface area contributed by atoms with Gasteiger partial charge in [0.2, 0.25) is 0 Å². The second kappa shape index (κ2) is 4.24. The quantitative estimate of drug-likeness (QED) is 0.589. The first-order valence-electron chi connectivity index (χ1n) is 3.12. The molecule has 1 nitrogen and oxygen atoms in total. The van der Waals surface area contributed by atoms with Crippen LogP contribution in [0, 0.1) is 3.57 Å². The van der Waals surface area contributed by atoms with E-state index in [4.69, 9.17) is 0 Å². The maximum atomic E-state index is 10.7. The van der Waals surface area contributed by atoms with Crippen molar-refractivity contribution in [3.63, 3.8) is 0 Å². The normalized spacial score (nSPS) is 9.64. The molecule has 1 rings (SSSR count). The fraction of sp³-hybridized carbons (Fsp3) is 0.125. The van der Waals surface area contributed by atoms with E-state index in [-0.39, 0.29) is 19.6 Å². The standard InChI is InChI=1S/C8H7IOSe/c1-6(10)11-8-4-2-7(9)3-5-8/h2-5H,1H3. The fourth-order valence-corrected chi connectivity index (χ4v) is 2.30. The van der Waals surface area contributed by atoms with E-state index < -0.39 is 0 Å². The van der Waals surface area contributed by atoms with Gasteiger partial charge in [-0.15, -0.1) is 0 Å². The van der Waals surface area contributed by atoms with Gasteiger partial charge in [-0.1, -0.05) is 0 Å². The molecule has 0 N–H and O–H groups in total. The molecular formula is C8H7IOSe. The van der Waals surface area contributed by atoms with Crippen molar-refractivity contribution in [1.82, 2.24) is 0 Å². The molecule has 0 saturated heterocycles. The van der Waals surface area contributed by atoms with E-state index in [1.54, 1.807) is 6.92 Å². The monoisotopic (exact) mass is 326 g/mol. The molecule has 0 heterocycles. The van der Waals surface area contributed by atoms with Crippen LogP contribution in [0.2, 0.25) is 0 Å². The molecule has 0 aliphatic carbocycles. The predicted octanol–water partition coefficient (Wildman–Crippen LogP) is 1.17. The van der Waals surface area contributed by atoms with Gasteiger partial charge in [0.25, 0.3) is 0 Å². The van der Waals surface area contributed by atoms with Gasteiger partial charge in [-0.2, -0.15) is 0 Å². The minimum absolute atomic E-state index is 0.0182. The zero-order valence-corrected chi connectivity index (χ0v) is 9.87. The Morgan fingerprint density at radius 1 is 1.36 bits per heavy atom. The number of rotatable bonds is 2. The number of benzene rings is 1. The number of halogens is 1. The molecular weight excluding hydrogens is 318 g/mol. The summed E-state index contributed by atoms with van der Waals surface area (Å²) in [5.41, 5.74) is 0. The Morgan fingerprint density at radius 2 is 1.91 bits per heavy atom. The second-order valence-corrected chi connectivity index (χ2v) is 5.92. The molecule has 0 aliphatic heterocycles. The fourth-order valence-electron chi connectivity index (χ4n) is 0.669. The van der Waals surface area contributed by atoms with Gasteiger partial charge in [-0.25, -0.2) is 0 Å². The van der Waals surface area contributed by atoms with Crippen LogP contribution in [0.3, 0.4) is 0 Å². The average Bonchev–Trinajstić information content (AvgIpc) is 1.93. The third kappa shape index (κ3) is 3.36. The van der Waals surface area contributed by atoms with Crippen LogP contribution in [-0.4, -0.2) is 19.6 Å². The van der Waals surface area contributed by atoms with E-state index in [9.17, 15) is 4.79 Å². The van der Waals surface area contributed by atoms with Crippen LogP contribution in [0.25, 0.3) is 0 Å². The molecule has 0 aliphatic rings. The Hall–Kier alpha value is 0.139. The van der Waals surface area contributed by atoms with Gasteiger partial charge in [0.1, 0.15) is 0 Å². The number of hydrogen-bond acceptors (Lipinski definition) is 1. The first-order valence-corrected chi connectivity index (χ1v) is 5.91. The van der Waals surface area contributed by atoms with Gasteiger partial charge in [0, 0.05) is 0 Å². The number of hydrogen-bond donors (Lipinski definition) is 0. The molecule has 0 fully saturated rings. The van der Waals surface area contributed by atoms with E-state index in [0.29, 0.717) is 0 Å². The van der Waals surface area contributed by atoms with Crippen molar-refractivity contribution in [1.29, 1.82) is 0 Å². The SMILES string of the molecule is CC(=O)[Se]c1ccc(I)cc1. The molecule has 0 bridgehead atoms. The summed E-state index contributed by atoms with van der Waals surface area (Å²) in [7, 11) is 0. The van der Waals surface area contributed by atoms with Crippen molar-refractivity contribution in [2.75, 3.05) is 0 Å². The van der Waals surface area contributed by atoms with E-state index in [0.717, 1.165) is 4.46 Å². The summed E-state index contributed by atoms with van der Waals surface area (Å²) >= 11 is 2.27. The molecule has 0 radical (unpaired) electrons. The summed E-state index contributed by atoms with van der Waals surface area (Å²) in [4.78, 5) is 10.7. The Balaban J connectivity index is 2.74. The molecule has 0 aromatic heterocycles. The molecule has 3 heteroatoms. The van der Waals surface area contributed by atoms with E-state index in [1.807, 2.05) is 24.3 Å². The topological polar surface area (TPSA) is 17.1 Å². The van der Waals surface area contributed by atoms with Crippen molar-refractivity contribution >= 4 is 46.7 Å². The minimum atomic E-state index is 0.0182. The van der Waals surface area contributed by atoms with Crippen LogP contribution in [0.5, 0.6) is 0 Å². The summed E-state index contributed by atoms with van der Waals surface area (Å²) in [5.74, 6) is 0. The third-order valence-corrected chi connectivity index (χ3v) is 3.46. The van der Waals surface area contributed by atoms with Gasteiger partial charge in [0.15, 0.2) is 0 Å². The Kier molecular flexibility index (Phi) is 3.55.